The van der Waals surface area contributed by atoms with E-state index in [9.17, 15) is 9.59 Å². The van der Waals surface area contributed by atoms with Gasteiger partial charge in [0.15, 0.2) is 17.3 Å². The minimum atomic E-state index is -0.574. The van der Waals surface area contributed by atoms with Crippen molar-refractivity contribution in [2.75, 3.05) is 28.4 Å². The average molecular weight is 464 g/mol. The molecule has 2 aromatic rings. The fraction of sp³-hybridized carbons (Fsp3) is 0.333. The minimum Gasteiger partial charge on any atom is -0.496 e. The second kappa shape index (κ2) is 9.63. The fourth-order valence-electron chi connectivity index (χ4n) is 5.01. The Bertz CT molecular complexity index is 1200. The zero-order chi connectivity index (χ0) is 24.4. The first kappa shape index (κ1) is 23.4. The van der Waals surface area contributed by atoms with Gasteiger partial charge in [0.1, 0.15) is 5.75 Å². The lowest BCUT2D eigenvalue weighted by molar-refractivity contribution is -0.136. The van der Waals surface area contributed by atoms with Crippen LogP contribution in [0.25, 0.3) is 0 Å². The van der Waals surface area contributed by atoms with E-state index in [0.717, 1.165) is 22.6 Å². The number of hydrogen-bond donors (Lipinski definition) is 1. The molecule has 7 nitrogen and oxygen atoms in total. The van der Waals surface area contributed by atoms with E-state index in [2.05, 4.69) is 5.32 Å². The first-order valence-corrected chi connectivity index (χ1v) is 11.1. The summed E-state index contributed by atoms with van der Waals surface area (Å²) in [5, 5.41) is 3.34. The molecule has 0 bridgehead atoms. The summed E-state index contributed by atoms with van der Waals surface area (Å²) >= 11 is 0. The van der Waals surface area contributed by atoms with Gasteiger partial charge in [0, 0.05) is 35.2 Å². The molecule has 1 aliphatic heterocycles. The summed E-state index contributed by atoms with van der Waals surface area (Å²) in [6.07, 6.45) is 0.940. The zero-order valence-electron chi connectivity index (χ0n) is 20.1. The second-order valence-electron chi connectivity index (χ2n) is 8.37. The van der Waals surface area contributed by atoms with Gasteiger partial charge in [-0.15, -0.1) is 0 Å². The number of ether oxygens (including phenoxy) is 4. The lowest BCUT2D eigenvalue weighted by Gasteiger charge is -2.37. The third-order valence-corrected chi connectivity index (χ3v) is 6.55. The van der Waals surface area contributed by atoms with Crippen molar-refractivity contribution in [2.45, 2.75) is 31.6 Å². The highest BCUT2D eigenvalue weighted by molar-refractivity contribution is 6.04. The smallest absolute Gasteiger partial charge is 0.336 e. The number of rotatable bonds is 6. The predicted molar refractivity (Wildman–Crippen MR) is 127 cm³/mol. The van der Waals surface area contributed by atoms with Crippen molar-refractivity contribution in [3.8, 4) is 17.2 Å². The molecule has 2 aliphatic rings. The van der Waals surface area contributed by atoms with Crippen LogP contribution in [0.5, 0.6) is 17.2 Å². The number of Topliss-reactive ketones (excluding diaryl/α,β-unsaturated/α-hetero) is 1. The van der Waals surface area contributed by atoms with Crippen LogP contribution >= 0.6 is 0 Å². The fourth-order valence-corrected chi connectivity index (χ4v) is 5.01. The predicted octanol–water partition coefficient (Wildman–Crippen LogP) is 4.25. The molecule has 2 atom stereocenters. The Morgan fingerprint density at radius 1 is 0.912 bits per heavy atom. The largest absolute Gasteiger partial charge is 0.496 e. The summed E-state index contributed by atoms with van der Waals surface area (Å²) < 4.78 is 21.5. The zero-order valence-corrected chi connectivity index (χ0v) is 20.1. The molecule has 4 rings (SSSR count). The van der Waals surface area contributed by atoms with Crippen LogP contribution in [-0.2, 0) is 14.3 Å². The van der Waals surface area contributed by atoms with E-state index in [1.54, 1.807) is 27.4 Å². The highest BCUT2D eigenvalue weighted by atomic mass is 16.5. The SMILES string of the molecule is COC(=O)C1=C(C)NC2=C(C(=O)C[C@H](c3ccccc3OC)C2)[C@H]1c1ccc(OC)c(OC)c1. The molecule has 0 saturated heterocycles. The standard InChI is InChI=1S/C27H29NO6/c1-15-24(27(30)34-5)25(16-10-11-22(32-3)23(14-16)33-4)26-19(28-15)12-17(13-20(26)29)18-8-6-7-9-21(18)31-2/h6-11,14,17,25,28H,12-13H2,1-5H3/t17-,25+/m1/s1. The molecule has 178 valence electrons. The Hall–Kier alpha value is -3.74. The molecule has 2 aromatic carbocycles. The van der Waals surface area contributed by atoms with Gasteiger partial charge >= 0.3 is 5.97 Å². The topological polar surface area (TPSA) is 83.1 Å². The normalized spacial score (nSPS) is 19.9. The van der Waals surface area contributed by atoms with Gasteiger partial charge in [-0.25, -0.2) is 4.79 Å². The Morgan fingerprint density at radius 3 is 2.29 bits per heavy atom. The first-order valence-electron chi connectivity index (χ1n) is 11.1. The lowest BCUT2D eigenvalue weighted by Crippen LogP contribution is -2.36. The van der Waals surface area contributed by atoms with Crippen LogP contribution in [0.2, 0.25) is 0 Å². The van der Waals surface area contributed by atoms with Crippen molar-refractivity contribution in [3.63, 3.8) is 0 Å². The quantitative estimate of drug-likeness (QED) is 0.642. The van der Waals surface area contributed by atoms with Gasteiger partial charge in [0.05, 0.1) is 34.0 Å². The summed E-state index contributed by atoms with van der Waals surface area (Å²) in [5.74, 6) is 0.759. The molecule has 0 radical (unpaired) electrons. The molecule has 0 fully saturated rings. The van der Waals surface area contributed by atoms with Gasteiger partial charge in [0.2, 0.25) is 0 Å². The van der Waals surface area contributed by atoms with Gasteiger partial charge < -0.3 is 24.3 Å². The van der Waals surface area contributed by atoms with E-state index in [0.29, 0.717) is 41.2 Å². The molecule has 1 N–H and O–H groups in total. The van der Waals surface area contributed by atoms with E-state index in [4.69, 9.17) is 18.9 Å². The Labute approximate surface area is 199 Å². The summed E-state index contributed by atoms with van der Waals surface area (Å²) in [5.41, 5.74) is 4.24. The summed E-state index contributed by atoms with van der Waals surface area (Å²) in [7, 11) is 6.10. The van der Waals surface area contributed by atoms with Gasteiger partial charge in [-0.2, -0.15) is 0 Å². The van der Waals surface area contributed by atoms with Crippen molar-refractivity contribution in [1.82, 2.24) is 5.32 Å². The highest BCUT2D eigenvalue weighted by Gasteiger charge is 2.42. The molecule has 1 heterocycles. The van der Waals surface area contributed by atoms with Crippen LogP contribution < -0.4 is 19.5 Å². The van der Waals surface area contributed by atoms with Gasteiger partial charge in [-0.3, -0.25) is 4.79 Å². The van der Waals surface area contributed by atoms with Gasteiger partial charge in [-0.1, -0.05) is 24.3 Å². The molecule has 7 heteroatoms. The van der Waals surface area contributed by atoms with Crippen molar-refractivity contribution >= 4 is 11.8 Å². The van der Waals surface area contributed by atoms with E-state index in [1.165, 1.54) is 7.11 Å². The number of para-hydroxylation sites is 1. The maximum absolute atomic E-state index is 13.7. The number of carbonyl (C=O) groups is 2. The van der Waals surface area contributed by atoms with Gasteiger partial charge in [-0.05, 0) is 42.7 Å². The highest BCUT2D eigenvalue weighted by Crippen LogP contribution is 2.47. The number of carbonyl (C=O) groups excluding carboxylic acids is 2. The van der Waals surface area contributed by atoms with E-state index >= 15 is 0 Å². The number of nitrogens with one attached hydrogen (secondary N) is 1. The number of dihydropyridines is 1. The molecule has 0 spiro atoms. The second-order valence-corrected chi connectivity index (χ2v) is 8.37. The van der Waals surface area contributed by atoms with E-state index < -0.39 is 11.9 Å². The van der Waals surface area contributed by atoms with E-state index in [-0.39, 0.29) is 11.7 Å². The average Bonchev–Trinajstić information content (AvgIpc) is 2.86. The van der Waals surface area contributed by atoms with Crippen LogP contribution in [0, 0.1) is 0 Å². The maximum Gasteiger partial charge on any atom is 0.336 e. The molecular formula is C27H29NO6. The molecule has 34 heavy (non-hydrogen) atoms. The number of benzene rings is 2. The number of allylic oxidation sites excluding steroid dienone is 3. The first-order chi connectivity index (χ1) is 16.4. The number of methoxy groups -OCH3 is 4. The third-order valence-electron chi connectivity index (χ3n) is 6.55. The molecule has 0 amide bonds. The van der Waals surface area contributed by atoms with Crippen LogP contribution in [0.1, 0.15) is 42.7 Å². The third kappa shape index (κ3) is 4.02. The molecule has 0 aromatic heterocycles. The maximum atomic E-state index is 13.7. The number of hydrogen-bond acceptors (Lipinski definition) is 7. The summed E-state index contributed by atoms with van der Waals surface area (Å²) in [6.45, 7) is 1.83. The molecule has 0 unspecified atom stereocenters. The minimum absolute atomic E-state index is 0.0154. The Kier molecular flexibility index (Phi) is 6.63. The van der Waals surface area contributed by atoms with Crippen LogP contribution in [0.4, 0.5) is 0 Å². The van der Waals surface area contributed by atoms with Crippen molar-refractivity contribution < 1.29 is 28.5 Å². The molecular weight excluding hydrogens is 434 g/mol. The van der Waals surface area contributed by atoms with Gasteiger partial charge in [0.25, 0.3) is 0 Å². The van der Waals surface area contributed by atoms with Crippen molar-refractivity contribution in [2.24, 2.45) is 0 Å². The van der Waals surface area contributed by atoms with Crippen molar-refractivity contribution in [1.29, 1.82) is 0 Å². The Balaban J connectivity index is 1.84. The van der Waals surface area contributed by atoms with Crippen LogP contribution in [-0.4, -0.2) is 40.2 Å². The van der Waals surface area contributed by atoms with Crippen LogP contribution in [0.15, 0.2) is 65.0 Å². The monoisotopic (exact) mass is 463 g/mol. The molecule has 1 aliphatic carbocycles. The number of ketones is 1. The number of esters is 1. The Morgan fingerprint density at radius 2 is 1.62 bits per heavy atom. The molecule has 0 saturated carbocycles. The van der Waals surface area contributed by atoms with Crippen LogP contribution in [0.3, 0.4) is 0 Å². The van der Waals surface area contributed by atoms with Crippen molar-refractivity contribution in [3.05, 3.63) is 76.1 Å². The van der Waals surface area contributed by atoms with E-state index in [1.807, 2.05) is 43.3 Å². The summed E-state index contributed by atoms with van der Waals surface area (Å²) in [4.78, 5) is 26.5. The summed E-state index contributed by atoms with van der Waals surface area (Å²) in [6, 6.07) is 13.2. The lowest BCUT2D eigenvalue weighted by atomic mass is 9.71.